The number of hydrogen-bond acceptors (Lipinski definition) is 4. The molecule has 1 amide bonds. The van der Waals surface area contributed by atoms with Crippen molar-refractivity contribution in [3.05, 3.63) is 76.4 Å². The van der Waals surface area contributed by atoms with Crippen molar-refractivity contribution in [2.75, 3.05) is 6.54 Å². The number of amides is 1. The Kier molecular flexibility index (Phi) is 5.36. The fraction of sp³-hybridized carbons (Fsp3) is 0.105. The Morgan fingerprint density at radius 3 is 2.96 bits per heavy atom. The van der Waals surface area contributed by atoms with Gasteiger partial charge in [-0.15, -0.1) is 6.58 Å². The van der Waals surface area contributed by atoms with E-state index in [0.29, 0.717) is 27.3 Å². The van der Waals surface area contributed by atoms with E-state index in [1.165, 1.54) is 18.0 Å². The summed E-state index contributed by atoms with van der Waals surface area (Å²) >= 11 is 7.46. The van der Waals surface area contributed by atoms with Gasteiger partial charge in [-0.05, 0) is 36.4 Å². The number of halogens is 1. The molecular formula is C19H16ClN3OS. The van der Waals surface area contributed by atoms with Crippen LogP contribution in [0.2, 0.25) is 5.02 Å². The largest absolute Gasteiger partial charge is 0.283 e. The zero-order chi connectivity index (χ0) is 17.8. The minimum Gasteiger partial charge on any atom is -0.283 e. The summed E-state index contributed by atoms with van der Waals surface area (Å²) < 4.78 is 0. The molecule has 4 nitrogen and oxygen atoms in total. The van der Waals surface area contributed by atoms with Gasteiger partial charge in [0.25, 0.3) is 5.91 Å². The summed E-state index contributed by atoms with van der Waals surface area (Å²) in [7, 11) is 0. The van der Waals surface area contributed by atoms with Crippen LogP contribution < -0.4 is 0 Å². The van der Waals surface area contributed by atoms with Crippen LogP contribution in [0.5, 0.6) is 0 Å². The van der Waals surface area contributed by atoms with Crippen molar-refractivity contribution in [2.45, 2.75) is 6.92 Å². The molecule has 3 rings (SSSR count). The molecule has 0 N–H and O–H groups in total. The quantitative estimate of drug-likeness (QED) is 0.572. The van der Waals surface area contributed by atoms with Gasteiger partial charge in [0, 0.05) is 18.9 Å². The number of carbonyl (C=O) groups excluding carboxylic acids is 1. The van der Waals surface area contributed by atoms with Gasteiger partial charge in [0.1, 0.15) is 0 Å². The number of nitrogens with zero attached hydrogens (tertiary/aromatic N) is 3. The van der Waals surface area contributed by atoms with E-state index in [1.807, 2.05) is 37.3 Å². The lowest BCUT2D eigenvalue weighted by Gasteiger charge is -2.12. The number of carbonyl (C=O) groups is 1. The first-order valence-corrected chi connectivity index (χ1v) is 8.85. The summed E-state index contributed by atoms with van der Waals surface area (Å²) in [6.45, 7) is 6.13. The molecule has 0 aliphatic carbocycles. The average molecular weight is 370 g/mol. The van der Waals surface area contributed by atoms with Gasteiger partial charge in [-0.3, -0.25) is 14.7 Å². The van der Waals surface area contributed by atoms with E-state index >= 15 is 0 Å². The van der Waals surface area contributed by atoms with Crippen LogP contribution in [0, 0.1) is 6.92 Å². The highest BCUT2D eigenvalue weighted by Gasteiger charge is 2.32. The molecular weight excluding hydrogens is 354 g/mol. The van der Waals surface area contributed by atoms with Crippen LogP contribution in [-0.4, -0.2) is 27.5 Å². The van der Waals surface area contributed by atoms with Gasteiger partial charge in [-0.25, -0.2) is 4.99 Å². The summed E-state index contributed by atoms with van der Waals surface area (Å²) in [5.41, 5.74) is 2.71. The van der Waals surface area contributed by atoms with Crippen molar-refractivity contribution in [3.63, 3.8) is 0 Å². The van der Waals surface area contributed by atoms with E-state index in [1.54, 1.807) is 23.2 Å². The lowest BCUT2D eigenvalue weighted by atomic mass is 10.1. The Bertz CT molecular complexity index is 892. The number of thioether (sulfide) groups is 1. The Hall–Kier alpha value is -2.37. The van der Waals surface area contributed by atoms with Crippen LogP contribution >= 0.6 is 23.4 Å². The third-order valence-corrected chi connectivity index (χ3v) is 4.80. The summed E-state index contributed by atoms with van der Waals surface area (Å²) in [6, 6.07) is 9.72. The van der Waals surface area contributed by atoms with E-state index in [9.17, 15) is 4.79 Å². The summed E-state index contributed by atoms with van der Waals surface area (Å²) in [5, 5.41) is 1.02. The second kappa shape index (κ2) is 7.68. The zero-order valence-corrected chi connectivity index (χ0v) is 15.2. The van der Waals surface area contributed by atoms with Crippen molar-refractivity contribution < 1.29 is 4.79 Å². The summed E-state index contributed by atoms with van der Waals surface area (Å²) in [5.74, 6) is -0.0877. The molecule has 0 atom stereocenters. The maximum absolute atomic E-state index is 12.7. The molecule has 0 radical (unpaired) electrons. The topological polar surface area (TPSA) is 45.6 Å². The van der Waals surface area contributed by atoms with Crippen molar-refractivity contribution in [2.24, 2.45) is 4.99 Å². The molecule has 0 unspecified atom stereocenters. The van der Waals surface area contributed by atoms with E-state index < -0.39 is 0 Å². The third kappa shape index (κ3) is 4.00. The Morgan fingerprint density at radius 2 is 2.24 bits per heavy atom. The molecule has 1 aliphatic rings. The summed E-state index contributed by atoms with van der Waals surface area (Å²) in [6.07, 6.45) is 6.71. The van der Waals surface area contributed by atoms with Crippen molar-refractivity contribution in [3.8, 4) is 0 Å². The number of aryl methyl sites for hydroxylation is 1. The third-order valence-electron chi connectivity index (χ3n) is 3.51. The predicted octanol–water partition coefficient (Wildman–Crippen LogP) is 4.83. The summed E-state index contributed by atoms with van der Waals surface area (Å²) in [4.78, 5) is 23.4. The van der Waals surface area contributed by atoms with E-state index in [4.69, 9.17) is 11.6 Å². The number of pyridine rings is 1. The highest BCUT2D eigenvalue weighted by atomic mass is 35.5. The predicted molar refractivity (Wildman–Crippen MR) is 105 cm³/mol. The minimum absolute atomic E-state index is 0.0877. The molecule has 0 saturated carbocycles. The second-order valence-corrected chi connectivity index (χ2v) is 6.87. The van der Waals surface area contributed by atoms with Crippen LogP contribution in [0.4, 0.5) is 5.69 Å². The highest BCUT2D eigenvalue weighted by molar-refractivity contribution is 8.18. The van der Waals surface area contributed by atoms with Gasteiger partial charge < -0.3 is 0 Å². The van der Waals surface area contributed by atoms with Gasteiger partial charge in [0.15, 0.2) is 5.17 Å². The average Bonchev–Trinajstić information content (AvgIpc) is 2.86. The van der Waals surface area contributed by atoms with Gasteiger partial charge in [-0.2, -0.15) is 0 Å². The minimum atomic E-state index is -0.0877. The number of rotatable bonds is 4. The highest BCUT2D eigenvalue weighted by Crippen LogP contribution is 2.35. The first-order chi connectivity index (χ1) is 12.1. The van der Waals surface area contributed by atoms with Gasteiger partial charge in [0.05, 0.1) is 15.6 Å². The lowest BCUT2D eigenvalue weighted by Crippen LogP contribution is -2.29. The van der Waals surface area contributed by atoms with E-state index in [0.717, 1.165) is 11.1 Å². The molecule has 2 aromatic rings. The second-order valence-electron chi connectivity index (χ2n) is 5.45. The number of amidine groups is 1. The molecule has 126 valence electrons. The molecule has 2 heterocycles. The maximum Gasteiger partial charge on any atom is 0.267 e. The van der Waals surface area contributed by atoms with E-state index in [2.05, 4.69) is 16.6 Å². The normalized spacial score (nSPS) is 17.5. The Morgan fingerprint density at radius 1 is 1.40 bits per heavy atom. The molecule has 0 bridgehead atoms. The first-order valence-electron chi connectivity index (χ1n) is 7.65. The number of aromatic nitrogens is 1. The number of aliphatic imine (C=N–C) groups is 1. The lowest BCUT2D eigenvalue weighted by molar-refractivity contribution is -0.121. The number of benzene rings is 1. The fourth-order valence-electron chi connectivity index (χ4n) is 2.35. The fourth-order valence-corrected chi connectivity index (χ4v) is 3.52. The van der Waals surface area contributed by atoms with Gasteiger partial charge in [-0.1, -0.05) is 47.5 Å². The van der Waals surface area contributed by atoms with Crippen LogP contribution in [0.25, 0.3) is 6.08 Å². The van der Waals surface area contributed by atoms with Gasteiger partial charge in [0.2, 0.25) is 0 Å². The number of hydrogen-bond donors (Lipinski definition) is 0. The van der Waals surface area contributed by atoms with Crippen molar-refractivity contribution in [1.29, 1.82) is 0 Å². The smallest absolute Gasteiger partial charge is 0.267 e. The standard InChI is InChI=1S/C19H16ClN3OS/c1-3-9-23-18(24)17(11-14-6-4-5-13(2)10-14)25-19(23)22-16-7-8-21-12-15(16)20/h3-8,10-12H,1,9H2,2H3/b17-11-,22-19?. The van der Waals surface area contributed by atoms with Crippen molar-refractivity contribution >= 4 is 46.2 Å². The maximum atomic E-state index is 12.7. The molecule has 1 fully saturated rings. The molecule has 6 heteroatoms. The van der Waals surface area contributed by atoms with E-state index in [-0.39, 0.29) is 5.91 Å². The van der Waals surface area contributed by atoms with Gasteiger partial charge >= 0.3 is 0 Å². The monoisotopic (exact) mass is 369 g/mol. The molecule has 1 aliphatic heterocycles. The molecule has 1 aromatic carbocycles. The SMILES string of the molecule is C=CCN1C(=O)/C(=C/c2cccc(C)c2)SC1=Nc1ccncc1Cl. The molecule has 0 spiro atoms. The first kappa shape index (κ1) is 17.5. The molecule has 1 saturated heterocycles. The zero-order valence-electron chi connectivity index (χ0n) is 13.6. The Labute approximate surface area is 155 Å². The van der Waals surface area contributed by atoms with Crippen LogP contribution in [0.3, 0.4) is 0 Å². The molecule has 1 aromatic heterocycles. The van der Waals surface area contributed by atoms with Crippen LogP contribution in [0.15, 0.2) is 65.3 Å². The van der Waals surface area contributed by atoms with Crippen LogP contribution in [0.1, 0.15) is 11.1 Å². The van der Waals surface area contributed by atoms with Crippen molar-refractivity contribution in [1.82, 2.24) is 9.88 Å². The molecule has 25 heavy (non-hydrogen) atoms. The Balaban J connectivity index is 1.98. The van der Waals surface area contributed by atoms with Crippen LogP contribution in [-0.2, 0) is 4.79 Å².